The number of carboxylic acids is 1. The molecule has 0 aliphatic carbocycles. The van der Waals surface area contributed by atoms with E-state index >= 15 is 0 Å². The van der Waals surface area contributed by atoms with Crippen LogP contribution in [0.15, 0.2) is 72.9 Å². The summed E-state index contributed by atoms with van der Waals surface area (Å²) in [5.41, 5.74) is 2.90. The Kier molecular flexibility index (Phi) is 13.6. The van der Waals surface area contributed by atoms with Gasteiger partial charge in [0, 0.05) is 37.5 Å². The van der Waals surface area contributed by atoms with Gasteiger partial charge in [0.1, 0.15) is 11.5 Å². The van der Waals surface area contributed by atoms with Crippen molar-refractivity contribution in [3.63, 3.8) is 0 Å². The van der Waals surface area contributed by atoms with Crippen LogP contribution in [-0.4, -0.2) is 83.3 Å². The molecule has 2 aromatic carbocycles. The molecule has 3 heterocycles. The minimum absolute atomic E-state index is 0. The van der Waals surface area contributed by atoms with Crippen LogP contribution in [0.4, 0.5) is 4.79 Å². The molecule has 0 bridgehead atoms. The van der Waals surface area contributed by atoms with Crippen molar-refractivity contribution < 1.29 is 33.8 Å². The number of aliphatic carboxylic acids is 1. The van der Waals surface area contributed by atoms with Crippen molar-refractivity contribution in [3.8, 4) is 11.5 Å². The van der Waals surface area contributed by atoms with Gasteiger partial charge in [-0.2, -0.15) is 11.8 Å². The molecule has 0 spiro atoms. The zero-order chi connectivity index (χ0) is 30.8. The van der Waals surface area contributed by atoms with Crippen LogP contribution >= 0.6 is 11.8 Å². The predicted molar refractivity (Wildman–Crippen MR) is 172 cm³/mol. The number of carboxylic acid groups (broad SMARTS) is 1. The molecule has 44 heavy (non-hydrogen) atoms. The number of pyridine rings is 1. The summed E-state index contributed by atoms with van der Waals surface area (Å²) in [6.07, 6.45) is 4.63. The maximum atomic E-state index is 11.1. The maximum absolute atomic E-state index is 11.1. The standard InChI is InChI=1S/C22H19NO4.C10H16N2O3S.Bi.3H/c1-15(24)26-19-10-6-17(7-11-19)22(21-5-3-4-14-23-21)18-8-12-20(13-9-18)27-16(2)25;13-8(14)4-2-1-3-7-9-6(5-16-7)11-10(15)12-9;;;;/h3-14,22H,1-2H3;6-7,9H,1-5H2,(H,13,14)(H2,11,12,15);;;;/t;6-,7-,9-;;;;/m.0..../s1. The first-order valence-corrected chi connectivity index (χ1v) is 15.1. The molecule has 3 atom stereocenters. The molecular weight excluding hydrogens is 779 g/mol. The SMILES string of the molecule is CC(=O)Oc1ccc(C(c2ccc(OC(C)=O)cc2)c2ccccn2)cc1.O=C(O)CCCC[C@@H]1SC[C@@H]2NC(=O)N[C@@H]21.[BiH3]. The van der Waals surface area contributed by atoms with E-state index in [4.69, 9.17) is 14.6 Å². The van der Waals surface area contributed by atoms with Crippen LogP contribution in [0.3, 0.4) is 0 Å². The van der Waals surface area contributed by atoms with Crippen LogP contribution in [0.25, 0.3) is 0 Å². The van der Waals surface area contributed by atoms with E-state index in [1.165, 1.54) is 13.8 Å². The summed E-state index contributed by atoms with van der Waals surface area (Å²) in [4.78, 5) is 48.2. The number of benzene rings is 2. The monoisotopic (exact) mass is 817 g/mol. The summed E-state index contributed by atoms with van der Waals surface area (Å²) in [5, 5.41) is 14.8. The van der Waals surface area contributed by atoms with Gasteiger partial charge >= 0.3 is 50.1 Å². The number of aromatic nitrogens is 1. The second kappa shape index (κ2) is 17.1. The van der Waals surface area contributed by atoms with Gasteiger partial charge in [-0.1, -0.05) is 36.8 Å². The van der Waals surface area contributed by atoms with Gasteiger partial charge in [-0.25, -0.2) is 4.79 Å². The predicted octanol–water partition coefficient (Wildman–Crippen LogP) is 3.73. The molecule has 0 radical (unpaired) electrons. The number of rotatable bonds is 10. The number of carbonyl (C=O) groups excluding carboxylic acids is 3. The van der Waals surface area contributed by atoms with E-state index in [0.717, 1.165) is 41.8 Å². The molecule has 2 aliphatic rings. The van der Waals surface area contributed by atoms with Gasteiger partial charge in [0.05, 0.1) is 23.7 Å². The van der Waals surface area contributed by atoms with E-state index in [9.17, 15) is 19.2 Å². The van der Waals surface area contributed by atoms with Crippen molar-refractivity contribution in [3.05, 3.63) is 89.7 Å². The van der Waals surface area contributed by atoms with E-state index in [2.05, 4.69) is 15.6 Å². The molecule has 2 amide bonds. The molecule has 12 heteroatoms. The Bertz CT molecular complexity index is 1350. The van der Waals surface area contributed by atoms with Gasteiger partial charge in [-0.15, -0.1) is 0 Å². The molecule has 5 rings (SSSR count). The first kappa shape index (κ1) is 35.0. The topological polar surface area (TPSA) is 144 Å². The van der Waals surface area contributed by atoms with Gasteiger partial charge < -0.3 is 25.2 Å². The zero-order valence-electron chi connectivity index (χ0n) is 24.7. The number of amides is 2. The van der Waals surface area contributed by atoms with E-state index in [0.29, 0.717) is 16.7 Å². The Balaban J connectivity index is 0.000000266. The number of hydrogen-bond acceptors (Lipinski definition) is 8. The molecule has 10 nitrogen and oxygen atoms in total. The van der Waals surface area contributed by atoms with Crippen molar-refractivity contribution in [2.24, 2.45) is 0 Å². The van der Waals surface area contributed by atoms with Crippen LogP contribution in [0.2, 0.25) is 0 Å². The summed E-state index contributed by atoms with van der Waals surface area (Å²) < 4.78 is 10.2. The van der Waals surface area contributed by atoms with Crippen molar-refractivity contribution >= 4 is 61.9 Å². The number of fused-ring (bicyclic) bond motifs is 1. The van der Waals surface area contributed by atoms with Crippen molar-refractivity contribution in [2.45, 2.75) is 62.8 Å². The van der Waals surface area contributed by atoms with E-state index in [1.807, 2.05) is 54.2 Å². The minimum atomic E-state index is -0.729. The average molecular weight is 818 g/mol. The van der Waals surface area contributed by atoms with E-state index in [1.54, 1.807) is 30.5 Å². The van der Waals surface area contributed by atoms with Gasteiger partial charge in [0.2, 0.25) is 0 Å². The molecule has 0 saturated carbocycles. The molecular formula is C32H38BiN3O7S. The third kappa shape index (κ3) is 10.3. The number of ether oxygens (including phenoxy) is 2. The quantitative estimate of drug-likeness (QED) is 0.0918. The van der Waals surface area contributed by atoms with Crippen molar-refractivity contribution in [2.75, 3.05) is 5.75 Å². The fraction of sp³-hybridized carbons (Fsp3) is 0.344. The normalized spacial score (nSPS) is 18.1. The first-order chi connectivity index (χ1) is 20.7. The van der Waals surface area contributed by atoms with Crippen LogP contribution in [0.1, 0.15) is 62.3 Å². The Morgan fingerprint density at radius 1 is 0.909 bits per heavy atom. The fourth-order valence-corrected chi connectivity index (χ4v) is 6.68. The molecule has 3 aromatic rings. The number of hydrogen-bond donors (Lipinski definition) is 3. The molecule has 3 N–H and O–H groups in total. The third-order valence-electron chi connectivity index (χ3n) is 7.00. The number of nitrogens with zero attached hydrogens (tertiary/aromatic N) is 1. The number of thioether (sulfide) groups is 1. The van der Waals surface area contributed by atoms with Crippen molar-refractivity contribution in [1.29, 1.82) is 0 Å². The average Bonchev–Trinajstić information content (AvgIpc) is 3.52. The van der Waals surface area contributed by atoms with Gasteiger partial charge in [-0.3, -0.25) is 19.4 Å². The number of carbonyl (C=O) groups is 4. The second-order valence-corrected chi connectivity index (χ2v) is 11.5. The summed E-state index contributed by atoms with van der Waals surface area (Å²) in [5.74, 6) is 0.409. The summed E-state index contributed by atoms with van der Waals surface area (Å²) >= 11 is 1.87. The summed E-state index contributed by atoms with van der Waals surface area (Å²) in [6.45, 7) is 2.74. The van der Waals surface area contributed by atoms with Gasteiger partial charge in [0.25, 0.3) is 0 Å². The Morgan fingerprint density at radius 2 is 1.50 bits per heavy atom. The Morgan fingerprint density at radius 3 is 2.00 bits per heavy atom. The zero-order valence-corrected chi connectivity index (χ0v) is 31.0. The molecule has 2 fully saturated rings. The third-order valence-corrected chi connectivity index (χ3v) is 8.51. The van der Waals surface area contributed by atoms with E-state index < -0.39 is 5.97 Å². The molecule has 2 saturated heterocycles. The van der Waals surface area contributed by atoms with Gasteiger partial charge in [0.15, 0.2) is 0 Å². The van der Waals surface area contributed by atoms with Gasteiger partial charge in [-0.05, 0) is 60.4 Å². The first-order valence-electron chi connectivity index (χ1n) is 14.1. The summed E-state index contributed by atoms with van der Waals surface area (Å²) in [6, 6.07) is 20.9. The second-order valence-electron chi connectivity index (χ2n) is 10.3. The van der Waals surface area contributed by atoms with Crippen LogP contribution < -0.4 is 20.1 Å². The number of esters is 2. The van der Waals surface area contributed by atoms with Crippen LogP contribution in [-0.2, 0) is 14.4 Å². The van der Waals surface area contributed by atoms with Crippen LogP contribution in [0, 0.1) is 0 Å². The number of urea groups is 1. The molecule has 1 aromatic heterocycles. The Hall–Kier alpha value is -3.50. The van der Waals surface area contributed by atoms with Crippen LogP contribution in [0.5, 0.6) is 11.5 Å². The fourth-order valence-electron chi connectivity index (χ4n) is 5.13. The molecule has 0 unspecified atom stereocenters. The number of unbranched alkanes of at least 4 members (excludes halogenated alkanes) is 1. The number of nitrogens with one attached hydrogen (secondary N) is 2. The summed E-state index contributed by atoms with van der Waals surface area (Å²) in [7, 11) is 0. The van der Waals surface area contributed by atoms with Crippen molar-refractivity contribution in [1.82, 2.24) is 15.6 Å². The molecule has 2 aliphatic heterocycles. The molecule has 234 valence electrons. The van der Waals surface area contributed by atoms with E-state index in [-0.39, 0.29) is 68.6 Å². The Labute approximate surface area is 279 Å².